The van der Waals surface area contributed by atoms with Gasteiger partial charge in [-0.2, -0.15) is 13.2 Å². The van der Waals surface area contributed by atoms with E-state index in [1.54, 1.807) is 12.1 Å². The van der Waals surface area contributed by atoms with Gasteiger partial charge in [-0.05, 0) is 74.4 Å². The number of pyridine rings is 1. The summed E-state index contributed by atoms with van der Waals surface area (Å²) in [4.78, 5) is 11.8. The van der Waals surface area contributed by atoms with Crippen LogP contribution in [0.15, 0.2) is 48.7 Å². The summed E-state index contributed by atoms with van der Waals surface area (Å²) in [7, 11) is 0. The van der Waals surface area contributed by atoms with Crippen LogP contribution in [0.25, 0.3) is 0 Å². The number of likely N-dealkylation sites (tertiary alicyclic amines) is 1. The highest BCUT2D eigenvalue weighted by molar-refractivity contribution is 8.17. The average molecular weight is 509 g/mol. The van der Waals surface area contributed by atoms with Crippen molar-refractivity contribution in [1.29, 1.82) is 0 Å². The third kappa shape index (κ3) is 5.16. The number of hydrogen-bond donors (Lipinski definition) is 0. The van der Waals surface area contributed by atoms with Gasteiger partial charge in [0.25, 0.3) is 0 Å². The predicted molar refractivity (Wildman–Crippen MR) is 137 cm³/mol. The van der Waals surface area contributed by atoms with Gasteiger partial charge < -0.3 is 14.7 Å². The number of thioether (sulfide) groups is 2. The number of halogens is 3. The maximum atomic E-state index is 12.9. The van der Waals surface area contributed by atoms with E-state index in [0.717, 1.165) is 62.2 Å². The molecule has 0 spiro atoms. The molecule has 5 rings (SSSR count). The molecule has 4 nitrogen and oxygen atoms in total. The van der Waals surface area contributed by atoms with Crippen molar-refractivity contribution >= 4 is 35.0 Å². The highest BCUT2D eigenvalue weighted by Gasteiger charge is 2.41. The molecule has 3 aliphatic rings. The lowest BCUT2D eigenvalue weighted by Crippen LogP contribution is -2.35. The van der Waals surface area contributed by atoms with E-state index in [2.05, 4.69) is 44.4 Å². The minimum Gasteiger partial charge on any atom is -0.367 e. The lowest BCUT2D eigenvalue weighted by molar-refractivity contribution is -0.137. The predicted octanol–water partition coefficient (Wildman–Crippen LogP) is 5.66. The molecule has 0 N–H and O–H groups in total. The van der Waals surface area contributed by atoms with Gasteiger partial charge in [0, 0.05) is 43.6 Å². The monoisotopic (exact) mass is 508 g/mol. The van der Waals surface area contributed by atoms with Gasteiger partial charge >= 0.3 is 6.18 Å². The van der Waals surface area contributed by atoms with Crippen LogP contribution in [0, 0.1) is 5.92 Å². The minimum absolute atomic E-state index is 0.418. The molecule has 4 heterocycles. The lowest BCUT2D eigenvalue weighted by Gasteiger charge is -2.27. The zero-order valence-corrected chi connectivity index (χ0v) is 21.0. The van der Waals surface area contributed by atoms with E-state index in [0.29, 0.717) is 22.6 Å². The Labute approximate surface area is 208 Å². The third-order valence-corrected chi connectivity index (χ3v) is 10.5. The largest absolute Gasteiger partial charge is 0.416 e. The average Bonchev–Trinajstić information content (AvgIpc) is 3.51. The number of hydrogen-bond acceptors (Lipinski definition) is 6. The van der Waals surface area contributed by atoms with Crippen molar-refractivity contribution in [2.75, 3.05) is 47.6 Å². The van der Waals surface area contributed by atoms with E-state index >= 15 is 0 Å². The van der Waals surface area contributed by atoms with Crippen LogP contribution in [0.5, 0.6) is 0 Å². The van der Waals surface area contributed by atoms with Crippen molar-refractivity contribution < 1.29 is 13.2 Å². The van der Waals surface area contributed by atoms with Gasteiger partial charge in [-0.3, -0.25) is 0 Å². The molecule has 3 saturated heterocycles. The second kappa shape index (κ2) is 10.2. The van der Waals surface area contributed by atoms with Crippen LogP contribution >= 0.6 is 23.5 Å². The lowest BCUT2D eigenvalue weighted by atomic mass is 10.0. The second-order valence-corrected chi connectivity index (χ2v) is 12.0. The van der Waals surface area contributed by atoms with Crippen molar-refractivity contribution in [3.05, 3.63) is 54.2 Å². The topological polar surface area (TPSA) is 22.6 Å². The first-order valence-corrected chi connectivity index (χ1v) is 14.1. The molecule has 3 fully saturated rings. The Morgan fingerprint density at radius 3 is 2.65 bits per heavy atom. The molecule has 3 aliphatic heterocycles. The van der Waals surface area contributed by atoms with Crippen molar-refractivity contribution in [2.24, 2.45) is 5.92 Å². The number of alkyl halides is 3. The second-order valence-electron chi connectivity index (χ2n) is 9.40. The Morgan fingerprint density at radius 1 is 1.09 bits per heavy atom. The Morgan fingerprint density at radius 2 is 1.91 bits per heavy atom. The summed E-state index contributed by atoms with van der Waals surface area (Å²) in [6, 6.07) is 12.7. The molecule has 0 radical (unpaired) electrons. The summed E-state index contributed by atoms with van der Waals surface area (Å²) in [5.41, 5.74) is 0.345. The summed E-state index contributed by atoms with van der Waals surface area (Å²) in [5, 5.41) is 0. The van der Waals surface area contributed by atoms with Crippen molar-refractivity contribution in [1.82, 2.24) is 9.88 Å². The van der Waals surface area contributed by atoms with Crippen LogP contribution in [0.2, 0.25) is 0 Å². The number of anilines is 2. The van der Waals surface area contributed by atoms with Crippen LogP contribution in [-0.2, 0) is 6.18 Å². The van der Waals surface area contributed by atoms with Crippen molar-refractivity contribution in [3.63, 3.8) is 0 Å². The van der Waals surface area contributed by atoms with Gasteiger partial charge in [0.15, 0.2) is 0 Å². The summed E-state index contributed by atoms with van der Waals surface area (Å²) >= 11 is 4.07. The summed E-state index contributed by atoms with van der Waals surface area (Å²) < 4.78 is 39.3. The summed E-state index contributed by atoms with van der Waals surface area (Å²) in [5.74, 6) is 3.82. The number of fused-ring (bicyclic) bond motifs is 1. The van der Waals surface area contributed by atoms with Gasteiger partial charge in [0.1, 0.15) is 5.82 Å². The molecule has 9 heteroatoms. The molecule has 0 saturated carbocycles. The van der Waals surface area contributed by atoms with Crippen molar-refractivity contribution in [2.45, 2.75) is 42.6 Å². The molecule has 0 aliphatic carbocycles. The zero-order chi connectivity index (χ0) is 23.7. The third-order valence-electron chi connectivity index (χ3n) is 7.26. The molecular weight excluding hydrogens is 477 g/mol. The molecule has 0 bridgehead atoms. The van der Waals surface area contributed by atoms with E-state index in [9.17, 15) is 13.2 Å². The first-order chi connectivity index (χ1) is 16.4. The van der Waals surface area contributed by atoms with Gasteiger partial charge in [-0.15, -0.1) is 23.5 Å². The van der Waals surface area contributed by atoms with E-state index in [-0.39, 0.29) is 0 Å². The van der Waals surface area contributed by atoms with Gasteiger partial charge in [-0.1, -0.05) is 6.07 Å². The zero-order valence-electron chi connectivity index (χ0n) is 19.3. The van der Waals surface area contributed by atoms with E-state index in [4.69, 9.17) is 0 Å². The standard InChI is InChI=1S/C25H31F3N4S2/c1-18-24(34-17-32(18)23-5-2-3-11-29-23)33-14-4-12-30-15-19-10-13-31(22(19)16-30)21-8-6-20(7-9-21)25(26,27)28/h2-3,5-9,11,18-19,22,24H,4,10,12-17H2,1H3. The van der Waals surface area contributed by atoms with Crippen LogP contribution in [-0.4, -0.2) is 64.4 Å². The maximum absolute atomic E-state index is 12.9. The highest BCUT2D eigenvalue weighted by atomic mass is 32.2. The van der Waals surface area contributed by atoms with Crippen LogP contribution in [0.4, 0.5) is 24.7 Å². The first-order valence-electron chi connectivity index (χ1n) is 12.0. The number of benzene rings is 1. The fourth-order valence-electron chi connectivity index (χ4n) is 5.42. The van der Waals surface area contributed by atoms with Crippen molar-refractivity contribution in [3.8, 4) is 0 Å². The molecule has 1 aromatic carbocycles. The number of rotatable bonds is 7. The fourth-order valence-corrected chi connectivity index (χ4v) is 8.33. The Bertz CT molecular complexity index is 943. The van der Waals surface area contributed by atoms with Gasteiger partial charge in [0.2, 0.25) is 0 Å². The molecular formula is C25H31F3N4S2. The Balaban J connectivity index is 1.07. The number of aromatic nitrogens is 1. The molecule has 34 heavy (non-hydrogen) atoms. The van der Waals surface area contributed by atoms with Crippen LogP contribution in [0.3, 0.4) is 0 Å². The number of nitrogens with zero attached hydrogens (tertiary/aromatic N) is 4. The normalized spacial score (nSPS) is 27.5. The van der Waals surface area contributed by atoms with Gasteiger partial charge in [0.05, 0.1) is 16.0 Å². The quantitative estimate of drug-likeness (QED) is 0.447. The van der Waals surface area contributed by atoms with E-state index in [1.807, 2.05) is 30.1 Å². The molecule has 2 aromatic rings. The SMILES string of the molecule is CC1C(SCCCN2CC3CCN(c4ccc(C(F)(F)F)cc4)C3C2)SCN1c1ccccn1. The van der Waals surface area contributed by atoms with Gasteiger partial charge in [-0.25, -0.2) is 4.98 Å². The van der Waals surface area contributed by atoms with Crippen LogP contribution in [0.1, 0.15) is 25.3 Å². The Hall–Kier alpha value is -1.58. The maximum Gasteiger partial charge on any atom is 0.416 e. The molecule has 1 aromatic heterocycles. The molecule has 4 unspecified atom stereocenters. The molecule has 4 atom stereocenters. The summed E-state index contributed by atoms with van der Waals surface area (Å²) in [6.07, 6.45) is -0.134. The fraction of sp³-hybridized carbons (Fsp3) is 0.560. The molecule has 0 amide bonds. The molecule has 184 valence electrons. The highest BCUT2D eigenvalue weighted by Crippen LogP contribution is 2.40. The van der Waals surface area contributed by atoms with E-state index in [1.165, 1.54) is 12.1 Å². The Kier molecular flexibility index (Phi) is 7.23. The minimum atomic E-state index is -4.28. The summed E-state index contributed by atoms with van der Waals surface area (Å²) in [6.45, 7) is 6.45. The smallest absolute Gasteiger partial charge is 0.367 e. The van der Waals surface area contributed by atoms with Crippen LogP contribution < -0.4 is 9.80 Å². The first kappa shape index (κ1) is 24.1. The van der Waals surface area contributed by atoms with E-state index < -0.39 is 11.7 Å².